The van der Waals surface area contributed by atoms with Gasteiger partial charge in [-0.2, -0.15) is 0 Å². The second kappa shape index (κ2) is 9.06. The lowest BCUT2D eigenvalue weighted by molar-refractivity contribution is 0.405. The van der Waals surface area contributed by atoms with Crippen LogP contribution in [0.5, 0.6) is 0 Å². The highest BCUT2D eigenvalue weighted by atomic mass is 79.9. The number of rotatable bonds is 7. The minimum absolute atomic E-state index is 0.248. The first-order valence-electron chi connectivity index (χ1n) is 8.81. The van der Waals surface area contributed by atoms with Crippen molar-refractivity contribution in [1.29, 1.82) is 0 Å². The Morgan fingerprint density at radius 3 is 2.59 bits per heavy atom. The summed E-state index contributed by atoms with van der Waals surface area (Å²) in [6.45, 7) is 1.84. The molecule has 0 spiro atoms. The molecule has 0 fully saturated rings. The van der Waals surface area contributed by atoms with Crippen molar-refractivity contribution in [2.24, 2.45) is 0 Å². The zero-order valence-corrected chi connectivity index (χ0v) is 17.0. The maximum absolute atomic E-state index is 13.1. The van der Waals surface area contributed by atoms with Crippen molar-refractivity contribution in [2.75, 3.05) is 32.5 Å². The fourth-order valence-electron chi connectivity index (χ4n) is 2.69. The Bertz CT molecular complexity index is 939. The van der Waals surface area contributed by atoms with E-state index in [2.05, 4.69) is 50.2 Å². The SMILES string of the molecule is CN(C)CCCNc1nc(/C=C/c2ccc(F)cc2)nc2c(Br)cccc12. The van der Waals surface area contributed by atoms with E-state index in [0.29, 0.717) is 5.82 Å². The average molecular weight is 429 g/mol. The molecule has 140 valence electrons. The van der Waals surface area contributed by atoms with Gasteiger partial charge < -0.3 is 10.2 Å². The van der Waals surface area contributed by atoms with E-state index in [4.69, 9.17) is 0 Å². The number of aromatic nitrogens is 2. The second-order valence-corrected chi connectivity index (χ2v) is 7.39. The molecular formula is C21H22BrFN4. The van der Waals surface area contributed by atoms with Crippen molar-refractivity contribution in [2.45, 2.75) is 6.42 Å². The minimum Gasteiger partial charge on any atom is -0.369 e. The molecule has 3 rings (SSSR count). The zero-order chi connectivity index (χ0) is 19.2. The molecule has 0 unspecified atom stereocenters. The van der Waals surface area contributed by atoms with Crippen LogP contribution in [0.3, 0.4) is 0 Å². The Morgan fingerprint density at radius 2 is 1.85 bits per heavy atom. The summed E-state index contributed by atoms with van der Waals surface area (Å²) in [4.78, 5) is 11.5. The second-order valence-electron chi connectivity index (χ2n) is 6.53. The molecule has 0 saturated carbocycles. The van der Waals surface area contributed by atoms with Crippen molar-refractivity contribution in [3.8, 4) is 0 Å². The number of hydrogen-bond acceptors (Lipinski definition) is 4. The van der Waals surface area contributed by atoms with Gasteiger partial charge in [-0.05, 0) is 78.9 Å². The molecule has 27 heavy (non-hydrogen) atoms. The van der Waals surface area contributed by atoms with Crippen molar-refractivity contribution < 1.29 is 4.39 Å². The number of halogens is 2. The predicted octanol–water partition coefficient (Wildman–Crippen LogP) is 5.07. The van der Waals surface area contributed by atoms with Crippen LogP contribution < -0.4 is 5.32 Å². The molecule has 0 bridgehead atoms. The first-order chi connectivity index (χ1) is 13.0. The van der Waals surface area contributed by atoms with E-state index in [0.717, 1.165) is 46.3 Å². The van der Waals surface area contributed by atoms with Gasteiger partial charge in [-0.15, -0.1) is 0 Å². The molecule has 0 aliphatic carbocycles. The smallest absolute Gasteiger partial charge is 0.155 e. The van der Waals surface area contributed by atoms with E-state index in [1.807, 2.05) is 30.4 Å². The molecule has 0 aliphatic heterocycles. The average Bonchev–Trinajstić information content (AvgIpc) is 2.65. The van der Waals surface area contributed by atoms with E-state index in [9.17, 15) is 4.39 Å². The zero-order valence-electron chi connectivity index (χ0n) is 15.4. The summed E-state index contributed by atoms with van der Waals surface area (Å²) in [5, 5.41) is 4.41. The summed E-state index contributed by atoms with van der Waals surface area (Å²) in [5.41, 5.74) is 1.76. The van der Waals surface area contributed by atoms with Crippen molar-refractivity contribution in [3.05, 3.63) is 64.1 Å². The van der Waals surface area contributed by atoms with Gasteiger partial charge >= 0.3 is 0 Å². The highest BCUT2D eigenvalue weighted by Gasteiger charge is 2.08. The fourth-order valence-corrected chi connectivity index (χ4v) is 3.15. The Hall–Kier alpha value is -2.31. The van der Waals surface area contributed by atoms with Gasteiger partial charge in [0.05, 0.1) is 5.52 Å². The van der Waals surface area contributed by atoms with Gasteiger partial charge in [-0.1, -0.05) is 24.3 Å². The van der Waals surface area contributed by atoms with Gasteiger partial charge in [0, 0.05) is 16.4 Å². The number of anilines is 1. The third-order valence-electron chi connectivity index (χ3n) is 4.06. The van der Waals surface area contributed by atoms with Gasteiger partial charge in [-0.3, -0.25) is 0 Å². The van der Waals surface area contributed by atoms with E-state index in [1.54, 1.807) is 12.1 Å². The number of hydrogen-bond donors (Lipinski definition) is 1. The fraction of sp³-hybridized carbons (Fsp3) is 0.238. The number of benzene rings is 2. The quantitative estimate of drug-likeness (QED) is 0.533. The third-order valence-corrected chi connectivity index (χ3v) is 4.70. The highest BCUT2D eigenvalue weighted by Crippen LogP contribution is 2.27. The van der Waals surface area contributed by atoms with Gasteiger partial charge in [0.15, 0.2) is 5.82 Å². The minimum atomic E-state index is -0.248. The molecule has 4 nitrogen and oxygen atoms in total. The first-order valence-corrected chi connectivity index (χ1v) is 9.61. The molecule has 3 aromatic rings. The molecule has 0 radical (unpaired) electrons. The van der Waals surface area contributed by atoms with Crippen molar-refractivity contribution >= 4 is 44.8 Å². The Morgan fingerprint density at radius 1 is 1.07 bits per heavy atom. The van der Waals surface area contributed by atoms with E-state index >= 15 is 0 Å². The van der Waals surface area contributed by atoms with Crippen LogP contribution in [0.4, 0.5) is 10.2 Å². The predicted molar refractivity (Wildman–Crippen MR) is 114 cm³/mol. The molecule has 0 amide bonds. The first kappa shape index (κ1) is 19.5. The number of nitrogens with one attached hydrogen (secondary N) is 1. The molecular weight excluding hydrogens is 407 g/mol. The van der Waals surface area contributed by atoms with Gasteiger partial charge in [-0.25, -0.2) is 14.4 Å². The molecule has 2 aromatic carbocycles. The number of nitrogens with zero attached hydrogens (tertiary/aromatic N) is 3. The lowest BCUT2D eigenvalue weighted by atomic mass is 10.2. The van der Waals surface area contributed by atoms with Gasteiger partial charge in [0.2, 0.25) is 0 Å². The van der Waals surface area contributed by atoms with Crippen LogP contribution in [0.15, 0.2) is 46.9 Å². The van der Waals surface area contributed by atoms with Crippen molar-refractivity contribution in [1.82, 2.24) is 14.9 Å². The molecule has 0 aliphatic rings. The van der Waals surface area contributed by atoms with Gasteiger partial charge in [0.1, 0.15) is 11.6 Å². The van der Waals surface area contributed by atoms with Crippen LogP contribution >= 0.6 is 15.9 Å². The third kappa shape index (κ3) is 5.34. The lowest BCUT2D eigenvalue weighted by Gasteiger charge is -2.12. The molecule has 1 N–H and O–H groups in total. The molecule has 1 heterocycles. The van der Waals surface area contributed by atoms with E-state index in [1.165, 1.54) is 12.1 Å². The maximum Gasteiger partial charge on any atom is 0.155 e. The van der Waals surface area contributed by atoms with Crippen LogP contribution in [0.25, 0.3) is 23.1 Å². The number of para-hydroxylation sites is 1. The van der Waals surface area contributed by atoms with Crippen LogP contribution in [0, 0.1) is 5.82 Å². The van der Waals surface area contributed by atoms with Crippen molar-refractivity contribution in [3.63, 3.8) is 0 Å². The summed E-state index contributed by atoms with van der Waals surface area (Å²) < 4.78 is 14.0. The normalized spacial score (nSPS) is 11.6. The highest BCUT2D eigenvalue weighted by molar-refractivity contribution is 9.10. The maximum atomic E-state index is 13.1. The van der Waals surface area contributed by atoms with Crippen LogP contribution in [0.2, 0.25) is 0 Å². The standard InChI is InChI=1S/C21H22BrFN4/c1-27(2)14-4-13-24-21-17-5-3-6-18(22)20(17)25-19(26-21)12-9-15-7-10-16(23)11-8-15/h3,5-12H,4,13-14H2,1-2H3,(H,24,25,26)/b12-9+. The Balaban J connectivity index is 1.88. The van der Waals surface area contributed by atoms with Crippen LogP contribution in [0.1, 0.15) is 17.8 Å². The molecule has 0 atom stereocenters. The summed E-state index contributed by atoms with van der Waals surface area (Å²) >= 11 is 3.58. The summed E-state index contributed by atoms with van der Waals surface area (Å²) in [6.07, 6.45) is 4.75. The van der Waals surface area contributed by atoms with E-state index < -0.39 is 0 Å². The topological polar surface area (TPSA) is 41.0 Å². The van der Waals surface area contributed by atoms with Crippen LogP contribution in [-0.2, 0) is 0 Å². The van der Waals surface area contributed by atoms with E-state index in [-0.39, 0.29) is 5.82 Å². The largest absolute Gasteiger partial charge is 0.369 e. The van der Waals surface area contributed by atoms with Crippen LogP contribution in [-0.4, -0.2) is 42.1 Å². The Labute approximate surface area is 167 Å². The summed E-state index contributed by atoms with van der Waals surface area (Å²) in [6, 6.07) is 12.3. The summed E-state index contributed by atoms with van der Waals surface area (Å²) in [5.74, 6) is 1.18. The van der Waals surface area contributed by atoms with Gasteiger partial charge in [0.25, 0.3) is 0 Å². The monoisotopic (exact) mass is 428 g/mol. The molecule has 1 aromatic heterocycles. The molecule has 6 heteroatoms. The lowest BCUT2D eigenvalue weighted by Crippen LogP contribution is -2.17. The Kier molecular flexibility index (Phi) is 6.53. The number of fused-ring (bicyclic) bond motifs is 1. The summed E-state index contributed by atoms with van der Waals surface area (Å²) in [7, 11) is 4.13. The molecule has 0 saturated heterocycles.